The molecule has 1 N–H and O–H groups in total. The molecule has 0 radical (unpaired) electrons. The fourth-order valence-electron chi connectivity index (χ4n) is 3.04. The highest BCUT2D eigenvalue weighted by Crippen LogP contribution is 2.29. The number of benzene rings is 1. The quantitative estimate of drug-likeness (QED) is 0.903. The lowest BCUT2D eigenvalue weighted by Gasteiger charge is -2.11. The Labute approximate surface area is 134 Å². The number of aryl methyl sites for hydroxylation is 1. The third kappa shape index (κ3) is 3.72. The number of anilines is 1. The maximum atomic E-state index is 14.3. The second kappa shape index (κ2) is 6.31. The summed E-state index contributed by atoms with van der Waals surface area (Å²) in [7, 11) is -4.02. The minimum Gasteiger partial charge on any atom is -0.360 e. The number of rotatable bonds is 5. The summed E-state index contributed by atoms with van der Waals surface area (Å²) in [4.78, 5) is -0.381. The lowest BCUT2D eigenvalue weighted by molar-refractivity contribution is 0.400. The molecule has 1 aliphatic rings. The van der Waals surface area contributed by atoms with Gasteiger partial charge in [0.05, 0.1) is 0 Å². The fraction of sp³-hybridized carbons (Fsp3) is 0.438. The van der Waals surface area contributed by atoms with Crippen molar-refractivity contribution in [1.82, 2.24) is 5.16 Å². The summed E-state index contributed by atoms with van der Waals surface area (Å²) in [6, 6.07) is 5.75. The topological polar surface area (TPSA) is 72.2 Å². The number of sulfonamides is 1. The summed E-state index contributed by atoms with van der Waals surface area (Å²) >= 11 is 0. The maximum Gasteiger partial charge on any atom is 0.266 e. The minimum atomic E-state index is -4.02. The van der Waals surface area contributed by atoms with Crippen LogP contribution in [-0.4, -0.2) is 13.6 Å². The molecule has 0 amide bonds. The molecule has 1 fully saturated rings. The molecule has 124 valence electrons. The molecule has 23 heavy (non-hydrogen) atoms. The van der Waals surface area contributed by atoms with E-state index in [2.05, 4.69) is 9.88 Å². The zero-order valence-corrected chi connectivity index (χ0v) is 13.7. The van der Waals surface area contributed by atoms with Gasteiger partial charge < -0.3 is 4.52 Å². The number of nitrogens with zero attached hydrogens (tertiary/aromatic N) is 1. The van der Waals surface area contributed by atoms with Gasteiger partial charge in [0.25, 0.3) is 10.0 Å². The predicted octanol–water partition coefficient (Wildman–Crippen LogP) is 3.66. The lowest BCUT2D eigenvalue weighted by atomic mass is 9.98. The van der Waals surface area contributed by atoms with Gasteiger partial charge in [-0.05, 0) is 37.0 Å². The van der Waals surface area contributed by atoms with Crippen molar-refractivity contribution in [2.24, 2.45) is 5.92 Å². The Kier molecular flexibility index (Phi) is 4.39. The number of nitrogens with one attached hydrogen (secondary N) is 1. The molecule has 0 unspecified atom stereocenters. The summed E-state index contributed by atoms with van der Waals surface area (Å²) in [6.45, 7) is 1.64. The minimum absolute atomic E-state index is 0.0388. The Balaban J connectivity index is 1.78. The van der Waals surface area contributed by atoms with E-state index in [4.69, 9.17) is 4.52 Å². The largest absolute Gasteiger partial charge is 0.360 e. The molecule has 7 heteroatoms. The average molecular weight is 338 g/mol. The molecule has 2 aromatic rings. The van der Waals surface area contributed by atoms with Gasteiger partial charge in [0, 0.05) is 6.07 Å². The summed E-state index contributed by atoms with van der Waals surface area (Å²) < 4.78 is 45.8. The van der Waals surface area contributed by atoms with Crippen LogP contribution in [0, 0.1) is 18.7 Å². The van der Waals surface area contributed by atoms with Gasteiger partial charge >= 0.3 is 0 Å². The summed E-state index contributed by atoms with van der Waals surface area (Å²) in [5.74, 6) is 0.341. The average Bonchev–Trinajstić information content (AvgIpc) is 3.10. The molecule has 1 saturated carbocycles. The van der Waals surface area contributed by atoms with Crippen LogP contribution >= 0.6 is 0 Å². The van der Waals surface area contributed by atoms with E-state index in [1.807, 2.05) is 0 Å². The van der Waals surface area contributed by atoms with E-state index < -0.39 is 15.8 Å². The third-order valence-corrected chi connectivity index (χ3v) is 5.54. The molecule has 1 aliphatic carbocycles. The highest BCUT2D eigenvalue weighted by Gasteiger charge is 2.22. The number of hydrogen-bond donors (Lipinski definition) is 1. The molecule has 1 heterocycles. The molecular weight excluding hydrogens is 319 g/mol. The Hall–Kier alpha value is -1.89. The van der Waals surface area contributed by atoms with Crippen molar-refractivity contribution in [1.29, 1.82) is 0 Å². The SMILES string of the molecule is Cc1cc(NS(=O)(=O)c2ccc(CC3CCCC3)cc2F)no1. The molecule has 3 rings (SSSR count). The van der Waals surface area contributed by atoms with Gasteiger partial charge in [-0.25, -0.2) is 12.8 Å². The standard InChI is InChI=1S/C16H19FN2O3S/c1-11-8-16(18-22-11)19-23(20,21)15-7-6-13(10-14(15)17)9-12-4-2-3-5-12/h6-8,10,12H,2-5,9H2,1H3,(H,18,19). The van der Waals surface area contributed by atoms with Crippen LogP contribution in [0.3, 0.4) is 0 Å². The Bertz CT molecular complexity index is 795. The molecule has 0 spiro atoms. The van der Waals surface area contributed by atoms with Crippen LogP contribution in [0.25, 0.3) is 0 Å². The van der Waals surface area contributed by atoms with Gasteiger partial charge in [-0.3, -0.25) is 4.72 Å². The van der Waals surface area contributed by atoms with Crippen LogP contribution in [0.4, 0.5) is 10.2 Å². The van der Waals surface area contributed by atoms with E-state index in [9.17, 15) is 12.8 Å². The van der Waals surface area contributed by atoms with E-state index in [1.165, 1.54) is 31.0 Å². The lowest BCUT2D eigenvalue weighted by Crippen LogP contribution is -2.15. The first-order chi connectivity index (χ1) is 10.9. The van der Waals surface area contributed by atoms with Crippen molar-refractivity contribution in [2.45, 2.75) is 43.9 Å². The smallest absolute Gasteiger partial charge is 0.266 e. The summed E-state index contributed by atoms with van der Waals surface area (Å²) in [5, 5.41) is 3.55. The van der Waals surface area contributed by atoms with Crippen molar-refractivity contribution >= 4 is 15.8 Å². The van der Waals surface area contributed by atoms with E-state index in [1.54, 1.807) is 13.0 Å². The van der Waals surface area contributed by atoms with Crippen LogP contribution < -0.4 is 4.72 Å². The first-order valence-corrected chi connectivity index (χ1v) is 9.17. The van der Waals surface area contributed by atoms with Gasteiger partial charge in [-0.2, -0.15) is 0 Å². The first-order valence-electron chi connectivity index (χ1n) is 7.68. The molecule has 0 saturated heterocycles. The van der Waals surface area contributed by atoms with Crippen molar-refractivity contribution in [3.05, 3.63) is 41.4 Å². The number of aromatic nitrogens is 1. The Morgan fingerprint density at radius 3 is 2.65 bits per heavy atom. The summed E-state index contributed by atoms with van der Waals surface area (Å²) in [6.07, 6.45) is 5.57. The van der Waals surface area contributed by atoms with Crippen molar-refractivity contribution in [3.63, 3.8) is 0 Å². The number of halogens is 1. The molecule has 0 bridgehead atoms. The fourth-order valence-corrected chi connectivity index (χ4v) is 4.09. The normalized spacial score (nSPS) is 15.9. The maximum absolute atomic E-state index is 14.3. The van der Waals surface area contributed by atoms with Crippen LogP contribution in [0.2, 0.25) is 0 Å². The first kappa shape index (κ1) is 16.0. The summed E-state index contributed by atoms with van der Waals surface area (Å²) in [5.41, 5.74) is 0.839. The zero-order chi connectivity index (χ0) is 16.4. The van der Waals surface area contributed by atoms with Crippen LogP contribution in [-0.2, 0) is 16.4 Å². The monoisotopic (exact) mass is 338 g/mol. The van der Waals surface area contributed by atoms with E-state index in [0.29, 0.717) is 11.7 Å². The van der Waals surface area contributed by atoms with Gasteiger partial charge in [-0.1, -0.05) is 36.9 Å². The van der Waals surface area contributed by atoms with Crippen LogP contribution in [0.15, 0.2) is 33.7 Å². The molecular formula is C16H19FN2O3S. The molecule has 1 aromatic heterocycles. The van der Waals surface area contributed by atoms with E-state index in [0.717, 1.165) is 24.8 Å². The third-order valence-electron chi connectivity index (χ3n) is 4.15. The van der Waals surface area contributed by atoms with Crippen molar-refractivity contribution in [3.8, 4) is 0 Å². The molecule has 5 nitrogen and oxygen atoms in total. The van der Waals surface area contributed by atoms with E-state index in [-0.39, 0.29) is 10.7 Å². The number of hydrogen-bond acceptors (Lipinski definition) is 4. The molecule has 0 aliphatic heterocycles. The van der Waals surface area contributed by atoms with Gasteiger partial charge in [0.2, 0.25) is 0 Å². The highest BCUT2D eigenvalue weighted by atomic mass is 32.2. The van der Waals surface area contributed by atoms with Crippen molar-refractivity contribution in [2.75, 3.05) is 4.72 Å². The Morgan fingerprint density at radius 1 is 1.30 bits per heavy atom. The predicted molar refractivity (Wildman–Crippen MR) is 84.1 cm³/mol. The zero-order valence-electron chi connectivity index (χ0n) is 12.9. The molecule has 0 atom stereocenters. The van der Waals surface area contributed by atoms with Gasteiger partial charge in [-0.15, -0.1) is 0 Å². The highest BCUT2D eigenvalue weighted by molar-refractivity contribution is 7.92. The Morgan fingerprint density at radius 2 is 2.04 bits per heavy atom. The van der Waals surface area contributed by atoms with Crippen LogP contribution in [0.1, 0.15) is 37.0 Å². The second-order valence-electron chi connectivity index (χ2n) is 6.05. The molecule has 1 aromatic carbocycles. The van der Waals surface area contributed by atoms with Crippen molar-refractivity contribution < 1.29 is 17.3 Å². The van der Waals surface area contributed by atoms with Gasteiger partial charge in [0.1, 0.15) is 16.5 Å². The second-order valence-corrected chi connectivity index (χ2v) is 7.70. The van der Waals surface area contributed by atoms with E-state index >= 15 is 0 Å². The van der Waals surface area contributed by atoms with Gasteiger partial charge in [0.15, 0.2) is 5.82 Å². The van der Waals surface area contributed by atoms with Crippen LogP contribution in [0.5, 0.6) is 0 Å².